The molecule has 8 nitrogen and oxygen atoms in total. The minimum Gasteiger partial charge on any atom is -0.454 e. The van der Waals surface area contributed by atoms with Gasteiger partial charge in [0.1, 0.15) is 18.2 Å². The zero-order valence-corrected chi connectivity index (χ0v) is 14.8. The van der Waals surface area contributed by atoms with E-state index in [9.17, 15) is 26.8 Å². The minimum atomic E-state index is -4.36. The Morgan fingerprint density at radius 1 is 1.08 bits per heavy atom. The third kappa shape index (κ3) is 4.54. The van der Waals surface area contributed by atoms with Crippen LogP contribution in [-0.2, 0) is 29.1 Å². The van der Waals surface area contributed by atoms with E-state index in [0.717, 1.165) is 22.5 Å². The Bertz CT molecular complexity index is 758. The Hall–Kier alpha value is -2.11. The van der Waals surface area contributed by atoms with Crippen LogP contribution in [0.25, 0.3) is 0 Å². The van der Waals surface area contributed by atoms with Gasteiger partial charge in [-0.05, 0) is 12.1 Å². The summed E-state index contributed by atoms with van der Waals surface area (Å²) in [5.74, 6) is -3.54. The highest BCUT2D eigenvalue weighted by Gasteiger charge is 2.34. The molecule has 0 N–H and O–H groups in total. The van der Waals surface area contributed by atoms with Gasteiger partial charge < -0.3 is 14.4 Å². The molecule has 0 unspecified atom stereocenters. The lowest BCUT2D eigenvalue weighted by Gasteiger charge is -2.33. The number of nitrogens with zero attached hydrogens (tertiary/aromatic N) is 2. The summed E-state index contributed by atoms with van der Waals surface area (Å²) >= 11 is 0. The molecule has 0 radical (unpaired) electrons. The molecule has 0 saturated carbocycles. The van der Waals surface area contributed by atoms with Crippen LogP contribution in [0.1, 0.15) is 0 Å². The lowest BCUT2D eigenvalue weighted by atomic mass is 10.3. The van der Waals surface area contributed by atoms with Crippen LogP contribution in [-0.4, -0.2) is 76.0 Å². The van der Waals surface area contributed by atoms with Crippen LogP contribution in [0.3, 0.4) is 0 Å². The normalized spacial score (nSPS) is 15.7. The predicted molar refractivity (Wildman–Crippen MR) is 84.5 cm³/mol. The van der Waals surface area contributed by atoms with Crippen molar-refractivity contribution in [1.29, 1.82) is 0 Å². The van der Waals surface area contributed by atoms with Crippen molar-refractivity contribution < 1.29 is 36.3 Å². The van der Waals surface area contributed by atoms with E-state index in [1.54, 1.807) is 0 Å². The second kappa shape index (κ2) is 8.52. The number of hydrogen-bond acceptors (Lipinski definition) is 6. The number of methoxy groups -OCH3 is 1. The number of piperazine rings is 1. The number of halogens is 2. The van der Waals surface area contributed by atoms with Crippen molar-refractivity contribution in [1.82, 2.24) is 9.21 Å². The molecule has 144 valence electrons. The summed E-state index contributed by atoms with van der Waals surface area (Å²) in [6, 6.07) is 2.80. The van der Waals surface area contributed by atoms with Gasteiger partial charge in [-0.15, -0.1) is 0 Å². The third-order valence-electron chi connectivity index (χ3n) is 3.73. The fourth-order valence-corrected chi connectivity index (χ4v) is 3.96. The van der Waals surface area contributed by atoms with Gasteiger partial charge in [-0.3, -0.25) is 4.79 Å². The Morgan fingerprint density at radius 3 is 2.19 bits per heavy atom. The Balaban J connectivity index is 1.97. The molecule has 11 heteroatoms. The number of ether oxygens (including phenoxy) is 2. The van der Waals surface area contributed by atoms with Crippen molar-refractivity contribution in [2.45, 2.75) is 4.90 Å². The monoisotopic (exact) mass is 392 g/mol. The molecule has 0 aliphatic carbocycles. The molecule has 1 heterocycles. The Labute approximate surface area is 149 Å². The lowest BCUT2D eigenvalue weighted by Crippen LogP contribution is -2.51. The van der Waals surface area contributed by atoms with Crippen molar-refractivity contribution >= 4 is 21.9 Å². The highest BCUT2D eigenvalue weighted by Crippen LogP contribution is 2.23. The topological polar surface area (TPSA) is 93.2 Å². The summed E-state index contributed by atoms with van der Waals surface area (Å²) in [6.07, 6.45) is 0. The quantitative estimate of drug-likeness (QED) is 0.632. The molecule has 1 aliphatic rings. The number of benzene rings is 1. The van der Waals surface area contributed by atoms with Gasteiger partial charge in [-0.1, -0.05) is 6.07 Å². The molecule has 26 heavy (non-hydrogen) atoms. The van der Waals surface area contributed by atoms with Crippen molar-refractivity contribution in [2.24, 2.45) is 0 Å². The van der Waals surface area contributed by atoms with E-state index >= 15 is 0 Å². The molecular formula is C15H18F2N2O6S. The van der Waals surface area contributed by atoms with Gasteiger partial charge >= 0.3 is 5.97 Å². The number of esters is 1. The molecule has 0 spiro atoms. The fourth-order valence-electron chi connectivity index (χ4n) is 2.43. The summed E-state index contributed by atoms with van der Waals surface area (Å²) < 4.78 is 62.6. The van der Waals surface area contributed by atoms with Crippen LogP contribution < -0.4 is 0 Å². The first-order chi connectivity index (χ1) is 12.3. The maximum Gasteiger partial charge on any atom is 0.332 e. The zero-order valence-electron chi connectivity index (χ0n) is 14.0. The van der Waals surface area contributed by atoms with Gasteiger partial charge in [-0.2, -0.15) is 4.31 Å². The average Bonchev–Trinajstić information content (AvgIpc) is 2.59. The Morgan fingerprint density at radius 2 is 1.65 bits per heavy atom. The number of hydrogen-bond donors (Lipinski definition) is 0. The minimum absolute atomic E-state index is 0.00988. The fraction of sp³-hybridized carbons (Fsp3) is 0.467. The van der Waals surface area contributed by atoms with Crippen molar-refractivity contribution in [2.75, 3.05) is 46.5 Å². The largest absolute Gasteiger partial charge is 0.454 e. The molecule has 1 saturated heterocycles. The van der Waals surface area contributed by atoms with Gasteiger partial charge in [0.2, 0.25) is 10.0 Å². The predicted octanol–water partition coefficient (Wildman–Crippen LogP) is -0.0127. The lowest BCUT2D eigenvalue weighted by molar-refractivity contribution is -0.155. The smallest absolute Gasteiger partial charge is 0.332 e. The molecule has 0 aromatic heterocycles. The van der Waals surface area contributed by atoms with E-state index in [1.807, 2.05) is 0 Å². The summed E-state index contributed by atoms with van der Waals surface area (Å²) in [7, 11) is -3.06. The summed E-state index contributed by atoms with van der Waals surface area (Å²) in [5.41, 5.74) is 0. The molecule has 2 rings (SSSR count). The van der Waals surface area contributed by atoms with Gasteiger partial charge in [0.05, 0.1) is 0 Å². The number of amides is 1. The molecule has 1 amide bonds. The number of carbonyl (C=O) groups excluding carboxylic acids is 2. The molecule has 1 aromatic rings. The maximum atomic E-state index is 13.8. The van der Waals surface area contributed by atoms with E-state index in [-0.39, 0.29) is 32.8 Å². The van der Waals surface area contributed by atoms with Gasteiger partial charge in [0.25, 0.3) is 5.91 Å². The van der Waals surface area contributed by atoms with Crippen molar-refractivity contribution in [3.63, 3.8) is 0 Å². The highest BCUT2D eigenvalue weighted by molar-refractivity contribution is 7.89. The molecule has 1 fully saturated rings. The second-order valence-electron chi connectivity index (χ2n) is 5.43. The summed E-state index contributed by atoms with van der Waals surface area (Å²) in [5, 5.41) is 0. The van der Waals surface area contributed by atoms with Crippen LogP contribution in [0.15, 0.2) is 23.1 Å². The molecule has 1 aromatic carbocycles. The van der Waals surface area contributed by atoms with Crippen LogP contribution >= 0.6 is 0 Å². The van der Waals surface area contributed by atoms with Crippen LogP contribution in [0.2, 0.25) is 0 Å². The number of rotatable bonds is 6. The average molecular weight is 392 g/mol. The van der Waals surface area contributed by atoms with E-state index in [4.69, 9.17) is 4.74 Å². The van der Waals surface area contributed by atoms with E-state index in [1.165, 1.54) is 12.0 Å². The first-order valence-electron chi connectivity index (χ1n) is 7.64. The third-order valence-corrected chi connectivity index (χ3v) is 5.68. The SMILES string of the molecule is COCC(=O)OCC(=O)N1CCN(S(=O)(=O)c2c(F)cccc2F)CC1. The first kappa shape index (κ1) is 20.2. The summed E-state index contributed by atoms with van der Waals surface area (Å²) in [4.78, 5) is 23.4. The standard InChI is InChI=1S/C15H18F2N2O6S/c1-24-10-14(21)25-9-13(20)18-5-7-19(8-6-18)26(22,23)15-11(16)3-2-4-12(15)17/h2-4H,5-10H2,1H3. The second-order valence-corrected chi connectivity index (χ2v) is 7.30. The zero-order chi connectivity index (χ0) is 19.3. The van der Waals surface area contributed by atoms with E-state index in [2.05, 4.69) is 4.74 Å². The van der Waals surface area contributed by atoms with E-state index < -0.39 is 45.0 Å². The van der Waals surface area contributed by atoms with Gasteiger partial charge in [0.15, 0.2) is 11.5 Å². The molecular weight excluding hydrogens is 374 g/mol. The van der Waals surface area contributed by atoms with Crippen LogP contribution in [0, 0.1) is 11.6 Å². The maximum absolute atomic E-state index is 13.8. The van der Waals surface area contributed by atoms with Crippen LogP contribution in [0.4, 0.5) is 8.78 Å². The molecule has 0 bridgehead atoms. The van der Waals surface area contributed by atoms with Gasteiger partial charge in [0, 0.05) is 33.3 Å². The first-order valence-corrected chi connectivity index (χ1v) is 9.08. The van der Waals surface area contributed by atoms with Crippen LogP contribution in [0.5, 0.6) is 0 Å². The van der Waals surface area contributed by atoms with Crippen molar-refractivity contribution in [3.8, 4) is 0 Å². The van der Waals surface area contributed by atoms with Gasteiger partial charge in [-0.25, -0.2) is 22.0 Å². The molecule has 0 atom stereocenters. The Kier molecular flexibility index (Phi) is 6.62. The van der Waals surface area contributed by atoms with E-state index in [0.29, 0.717) is 0 Å². The number of carbonyl (C=O) groups is 2. The highest BCUT2D eigenvalue weighted by atomic mass is 32.2. The number of sulfonamides is 1. The molecule has 1 aliphatic heterocycles. The summed E-state index contributed by atoms with van der Waals surface area (Å²) in [6.45, 7) is -1.02. The van der Waals surface area contributed by atoms with Crippen molar-refractivity contribution in [3.05, 3.63) is 29.8 Å².